The van der Waals surface area contributed by atoms with Crippen LogP contribution in [-0.2, 0) is 11.3 Å². The van der Waals surface area contributed by atoms with Crippen molar-refractivity contribution >= 4 is 6.08 Å². The number of aromatic nitrogens is 1. The lowest BCUT2D eigenvalue weighted by atomic mass is 10.2. The van der Waals surface area contributed by atoms with E-state index in [0.29, 0.717) is 6.61 Å². The van der Waals surface area contributed by atoms with Gasteiger partial charge in [-0.25, -0.2) is 0 Å². The summed E-state index contributed by atoms with van der Waals surface area (Å²) >= 11 is 0. The summed E-state index contributed by atoms with van der Waals surface area (Å²) < 4.78 is 5.02. The second-order valence-corrected chi connectivity index (χ2v) is 2.76. The van der Waals surface area contributed by atoms with E-state index < -0.39 is 0 Å². The summed E-state index contributed by atoms with van der Waals surface area (Å²) in [6.07, 6.45) is 10.4. The van der Waals surface area contributed by atoms with E-state index in [-0.39, 0.29) is 0 Å². The van der Waals surface area contributed by atoms with E-state index in [2.05, 4.69) is 17.3 Å². The third-order valence-corrected chi connectivity index (χ3v) is 1.55. The van der Waals surface area contributed by atoms with Crippen molar-refractivity contribution in [3.05, 3.63) is 35.7 Å². The molecule has 1 aromatic rings. The average molecular weight is 203 g/mol. The number of terminal acetylenes is 1. The lowest BCUT2D eigenvalue weighted by Gasteiger charge is -2.01. The summed E-state index contributed by atoms with van der Waals surface area (Å²) in [5, 5.41) is 0. The Hall–Kier alpha value is -1.59. The van der Waals surface area contributed by atoms with Crippen molar-refractivity contribution in [3.8, 4) is 12.3 Å². The molecule has 1 aromatic heterocycles. The zero-order valence-electron chi connectivity index (χ0n) is 9.53. The molecule has 0 bridgehead atoms. The van der Waals surface area contributed by atoms with Gasteiger partial charge in [-0.15, -0.1) is 12.3 Å². The third-order valence-electron chi connectivity index (χ3n) is 1.55. The minimum atomic E-state index is 0.570. The standard InChI is InChI=1S/C10H13NO.C3H4/c1-3-5-9-6-4-7-11-10(9)8-12-2;1-3-2/h3-7H,8H2,1-2H3;1H,2H3/b5-3-;. The van der Waals surface area contributed by atoms with Gasteiger partial charge in [0, 0.05) is 13.3 Å². The number of pyridine rings is 1. The van der Waals surface area contributed by atoms with Crippen LogP contribution in [0.5, 0.6) is 0 Å². The van der Waals surface area contributed by atoms with Gasteiger partial charge >= 0.3 is 0 Å². The molecule has 0 atom stereocenters. The molecule has 0 aliphatic heterocycles. The molecule has 0 aliphatic rings. The molecule has 0 radical (unpaired) electrons. The monoisotopic (exact) mass is 203 g/mol. The molecule has 0 aromatic carbocycles. The van der Waals surface area contributed by atoms with Crippen LogP contribution in [0.25, 0.3) is 6.08 Å². The summed E-state index contributed by atoms with van der Waals surface area (Å²) in [6.45, 7) is 4.21. The summed E-state index contributed by atoms with van der Waals surface area (Å²) in [7, 11) is 1.67. The first-order valence-corrected chi connectivity index (χ1v) is 4.73. The van der Waals surface area contributed by atoms with Gasteiger partial charge in [0.2, 0.25) is 0 Å². The van der Waals surface area contributed by atoms with E-state index in [0.717, 1.165) is 11.3 Å². The van der Waals surface area contributed by atoms with Crippen LogP contribution in [0, 0.1) is 12.3 Å². The van der Waals surface area contributed by atoms with Crippen LogP contribution in [0.4, 0.5) is 0 Å². The van der Waals surface area contributed by atoms with E-state index in [1.54, 1.807) is 20.2 Å². The molecule has 2 nitrogen and oxygen atoms in total. The molecule has 80 valence electrons. The molecule has 15 heavy (non-hydrogen) atoms. The molecule has 1 heterocycles. The Morgan fingerprint density at radius 3 is 2.80 bits per heavy atom. The van der Waals surface area contributed by atoms with Crippen LogP contribution in [0.1, 0.15) is 25.1 Å². The molecular weight excluding hydrogens is 186 g/mol. The van der Waals surface area contributed by atoms with E-state index in [9.17, 15) is 0 Å². The van der Waals surface area contributed by atoms with Crippen molar-refractivity contribution in [2.75, 3.05) is 7.11 Å². The van der Waals surface area contributed by atoms with Crippen molar-refractivity contribution in [3.63, 3.8) is 0 Å². The topological polar surface area (TPSA) is 22.1 Å². The second kappa shape index (κ2) is 8.98. The van der Waals surface area contributed by atoms with Gasteiger partial charge in [-0.2, -0.15) is 0 Å². The van der Waals surface area contributed by atoms with Crippen LogP contribution in [0.3, 0.4) is 0 Å². The third kappa shape index (κ3) is 5.66. The van der Waals surface area contributed by atoms with E-state index in [1.165, 1.54) is 0 Å². The zero-order valence-corrected chi connectivity index (χ0v) is 9.53. The molecule has 0 N–H and O–H groups in total. The van der Waals surface area contributed by atoms with Crippen molar-refractivity contribution in [2.45, 2.75) is 20.5 Å². The van der Waals surface area contributed by atoms with Crippen LogP contribution < -0.4 is 0 Å². The van der Waals surface area contributed by atoms with Gasteiger partial charge < -0.3 is 4.74 Å². The lowest BCUT2D eigenvalue weighted by Crippen LogP contribution is -1.94. The Morgan fingerprint density at radius 2 is 2.27 bits per heavy atom. The minimum Gasteiger partial charge on any atom is -0.378 e. The Labute approximate surface area is 92.0 Å². The summed E-state index contributed by atoms with van der Waals surface area (Å²) in [5.41, 5.74) is 2.11. The number of allylic oxidation sites excluding steroid dienone is 1. The smallest absolute Gasteiger partial charge is 0.0890 e. The Morgan fingerprint density at radius 1 is 1.60 bits per heavy atom. The van der Waals surface area contributed by atoms with Gasteiger partial charge in [0.25, 0.3) is 0 Å². The number of hydrogen-bond donors (Lipinski definition) is 0. The number of methoxy groups -OCH3 is 1. The second-order valence-electron chi connectivity index (χ2n) is 2.76. The molecule has 1 rings (SSSR count). The predicted octanol–water partition coefficient (Wildman–Crippen LogP) is 2.90. The van der Waals surface area contributed by atoms with Crippen LogP contribution >= 0.6 is 0 Å². The molecule has 2 heteroatoms. The maximum absolute atomic E-state index is 5.02. The Balaban J connectivity index is 0.000000583. The maximum Gasteiger partial charge on any atom is 0.0890 e. The largest absolute Gasteiger partial charge is 0.378 e. The maximum atomic E-state index is 5.02. The Kier molecular flexibility index (Phi) is 8.03. The summed E-state index contributed by atoms with van der Waals surface area (Å²) in [6, 6.07) is 3.95. The quantitative estimate of drug-likeness (QED) is 0.705. The fraction of sp³-hybridized carbons (Fsp3) is 0.308. The van der Waals surface area contributed by atoms with Gasteiger partial charge in [0.15, 0.2) is 0 Å². The first kappa shape index (κ1) is 13.4. The van der Waals surface area contributed by atoms with Gasteiger partial charge in [-0.1, -0.05) is 18.2 Å². The first-order chi connectivity index (χ1) is 7.29. The number of rotatable bonds is 3. The summed E-state index contributed by atoms with van der Waals surface area (Å²) in [5.74, 6) is 2.25. The van der Waals surface area contributed by atoms with Crippen LogP contribution in [-0.4, -0.2) is 12.1 Å². The molecule has 0 saturated carbocycles. The van der Waals surface area contributed by atoms with Gasteiger partial charge in [-0.3, -0.25) is 4.98 Å². The van der Waals surface area contributed by atoms with Gasteiger partial charge in [-0.05, 0) is 25.5 Å². The molecular formula is C13H17NO. The van der Waals surface area contributed by atoms with Crippen molar-refractivity contribution in [1.29, 1.82) is 0 Å². The summed E-state index contributed by atoms with van der Waals surface area (Å²) in [4.78, 5) is 4.21. The highest BCUT2D eigenvalue weighted by atomic mass is 16.5. The molecule has 0 unspecified atom stereocenters. The van der Waals surface area contributed by atoms with Crippen molar-refractivity contribution < 1.29 is 4.74 Å². The molecule has 0 fully saturated rings. The highest BCUT2D eigenvalue weighted by Crippen LogP contribution is 2.08. The SMILES string of the molecule is C#CC.C/C=C\c1cccnc1COC. The highest BCUT2D eigenvalue weighted by molar-refractivity contribution is 5.50. The van der Waals surface area contributed by atoms with Crippen molar-refractivity contribution in [1.82, 2.24) is 4.98 Å². The molecule has 0 amide bonds. The fourth-order valence-electron chi connectivity index (χ4n) is 1.04. The number of hydrogen-bond acceptors (Lipinski definition) is 2. The molecule has 0 aliphatic carbocycles. The zero-order chi connectivity index (χ0) is 11.5. The fourth-order valence-corrected chi connectivity index (χ4v) is 1.04. The van der Waals surface area contributed by atoms with Crippen molar-refractivity contribution in [2.24, 2.45) is 0 Å². The molecule has 0 spiro atoms. The van der Waals surface area contributed by atoms with E-state index in [4.69, 9.17) is 4.74 Å². The first-order valence-electron chi connectivity index (χ1n) is 4.73. The van der Waals surface area contributed by atoms with Gasteiger partial charge in [0.1, 0.15) is 0 Å². The van der Waals surface area contributed by atoms with E-state index in [1.807, 2.05) is 31.2 Å². The Bertz CT molecular complexity index is 337. The highest BCUT2D eigenvalue weighted by Gasteiger charge is 1.97. The average Bonchev–Trinajstić information content (AvgIpc) is 2.23. The van der Waals surface area contributed by atoms with Crippen LogP contribution in [0.15, 0.2) is 24.4 Å². The minimum absolute atomic E-state index is 0.570. The number of ether oxygens (including phenoxy) is 1. The lowest BCUT2D eigenvalue weighted by molar-refractivity contribution is 0.181. The number of nitrogens with zero attached hydrogens (tertiary/aromatic N) is 1. The normalized spacial score (nSPS) is 9.20. The van der Waals surface area contributed by atoms with E-state index >= 15 is 0 Å². The predicted molar refractivity (Wildman–Crippen MR) is 64.2 cm³/mol. The molecule has 0 saturated heterocycles. The van der Waals surface area contributed by atoms with Gasteiger partial charge in [0.05, 0.1) is 12.3 Å². The van der Waals surface area contributed by atoms with Crippen LogP contribution in [0.2, 0.25) is 0 Å².